The number of benzene rings is 2. The number of rotatable bonds is 9. The number of ether oxygens (including phenoxy) is 3. The van der Waals surface area contributed by atoms with Crippen molar-refractivity contribution in [1.29, 1.82) is 0 Å². The van der Waals surface area contributed by atoms with E-state index < -0.39 is 17.9 Å². The molecule has 9 nitrogen and oxygen atoms in total. The van der Waals surface area contributed by atoms with E-state index in [0.717, 1.165) is 18.5 Å². The van der Waals surface area contributed by atoms with E-state index in [9.17, 15) is 14.4 Å². The zero-order valence-electron chi connectivity index (χ0n) is 19.9. The first kappa shape index (κ1) is 26.7. The van der Waals surface area contributed by atoms with Crippen LogP contribution in [-0.2, 0) is 22.7 Å². The van der Waals surface area contributed by atoms with Gasteiger partial charge in [-0.25, -0.2) is 9.59 Å². The lowest BCUT2D eigenvalue weighted by atomic mass is 10.1. The number of esters is 1. The molecule has 0 bridgehead atoms. The van der Waals surface area contributed by atoms with Gasteiger partial charge in [0.15, 0.2) is 11.5 Å². The number of amides is 3. The number of hydrogen-bond acceptors (Lipinski definition) is 7. The SMILES string of the molecule is CCOc1cc(/C=C2\NC(=O)N(Cc3ccc(C(=O)OC)o3)C2=O)cc(I)c1OCc1ccc(Br)cc1. The van der Waals surface area contributed by atoms with Gasteiger partial charge in [0.25, 0.3) is 5.91 Å². The predicted octanol–water partition coefficient (Wildman–Crippen LogP) is 5.50. The smallest absolute Gasteiger partial charge is 0.373 e. The van der Waals surface area contributed by atoms with E-state index in [1.807, 2.05) is 37.3 Å². The molecule has 1 aromatic heterocycles. The molecule has 3 aromatic rings. The third-order valence-electron chi connectivity index (χ3n) is 5.26. The van der Waals surface area contributed by atoms with Crippen LogP contribution < -0.4 is 14.8 Å². The Labute approximate surface area is 235 Å². The van der Waals surface area contributed by atoms with Crippen molar-refractivity contribution in [2.24, 2.45) is 0 Å². The van der Waals surface area contributed by atoms with Crippen LogP contribution in [0.3, 0.4) is 0 Å². The summed E-state index contributed by atoms with van der Waals surface area (Å²) in [6, 6.07) is 13.8. The number of imide groups is 1. The molecule has 0 spiro atoms. The van der Waals surface area contributed by atoms with Gasteiger partial charge in [0.1, 0.15) is 18.1 Å². The lowest BCUT2D eigenvalue weighted by Gasteiger charge is -2.15. The summed E-state index contributed by atoms with van der Waals surface area (Å²) >= 11 is 5.57. The standard InChI is InChI=1S/C26H22BrIN2O7/c1-3-35-22-12-16(10-19(28)23(22)36-14-15-4-6-17(27)7-5-15)11-20-24(31)30(26(33)29-20)13-18-8-9-21(37-18)25(32)34-2/h4-12H,3,13-14H2,1-2H3,(H,29,33)/b20-11-. The number of urea groups is 1. The van der Waals surface area contributed by atoms with Crippen LogP contribution in [0.1, 0.15) is 34.4 Å². The van der Waals surface area contributed by atoms with E-state index in [2.05, 4.69) is 48.6 Å². The van der Waals surface area contributed by atoms with E-state index in [1.165, 1.54) is 19.2 Å². The maximum Gasteiger partial charge on any atom is 0.373 e. The minimum absolute atomic E-state index is 0.0132. The molecule has 3 amide bonds. The highest BCUT2D eigenvalue weighted by Crippen LogP contribution is 2.36. The number of halogens is 2. The number of nitrogens with zero attached hydrogens (tertiary/aromatic N) is 1. The van der Waals surface area contributed by atoms with Crippen LogP contribution in [0, 0.1) is 3.57 Å². The first-order chi connectivity index (χ1) is 17.8. The summed E-state index contributed by atoms with van der Waals surface area (Å²) in [5, 5.41) is 2.59. The maximum absolute atomic E-state index is 12.9. The van der Waals surface area contributed by atoms with Crippen molar-refractivity contribution in [3.63, 3.8) is 0 Å². The van der Waals surface area contributed by atoms with Gasteiger partial charge in [-0.05, 0) is 83.1 Å². The van der Waals surface area contributed by atoms with Crippen LogP contribution in [0.5, 0.6) is 11.5 Å². The number of hydrogen-bond donors (Lipinski definition) is 1. The molecule has 1 aliphatic rings. The zero-order chi connectivity index (χ0) is 26.5. The fourth-order valence-electron chi connectivity index (χ4n) is 3.52. The molecule has 192 valence electrons. The average molecular weight is 681 g/mol. The number of methoxy groups -OCH3 is 1. The molecule has 1 saturated heterocycles. The van der Waals surface area contributed by atoms with Gasteiger partial charge in [-0.15, -0.1) is 0 Å². The second-order valence-corrected chi connectivity index (χ2v) is 9.89. The minimum atomic E-state index is -0.645. The average Bonchev–Trinajstić information content (AvgIpc) is 3.45. The predicted molar refractivity (Wildman–Crippen MR) is 146 cm³/mol. The Kier molecular flexibility index (Phi) is 8.54. The molecule has 1 fully saturated rings. The van der Waals surface area contributed by atoms with Gasteiger partial charge >= 0.3 is 12.0 Å². The van der Waals surface area contributed by atoms with Crippen molar-refractivity contribution in [2.45, 2.75) is 20.1 Å². The summed E-state index contributed by atoms with van der Waals surface area (Å²) < 4.78 is 23.6. The maximum atomic E-state index is 12.9. The highest BCUT2D eigenvalue weighted by molar-refractivity contribution is 14.1. The fraction of sp³-hybridized carbons (Fsp3) is 0.192. The molecule has 4 rings (SSSR count). The Bertz CT molecular complexity index is 1370. The number of carbonyl (C=O) groups excluding carboxylic acids is 3. The quantitative estimate of drug-likeness (QED) is 0.138. The molecule has 2 aromatic carbocycles. The monoisotopic (exact) mass is 680 g/mol. The molecule has 0 aliphatic carbocycles. The molecule has 0 unspecified atom stereocenters. The lowest BCUT2D eigenvalue weighted by Crippen LogP contribution is -2.30. The van der Waals surface area contributed by atoms with E-state index in [-0.39, 0.29) is 23.8 Å². The summed E-state index contributed by atoms with van der Waals surface area (Å²) in [6.07, 6.45) is 1.57. The highest BCUT2D eigenvalue weighted by Gasteiger charge is 2.34. The van der Waals surface area contributed by atoms with Gasteiger partial charge in [-0.3, -0.25) is 9.69 Å². The molecule has 1 aliphatic heterocycles. The van der Waals surface area contributed by atoms with Gasteiger partial charge in [-0.2, -0.15) is 0 Å². The number of nitrogens with one attached hydrogen (secondary N) is 1. The molecule has 0 radical (unpaired) electrons. The van der Waals surface area contributed by atoms with Crippen LogP contribution in [-0.4, -0.2) is 36.5 Å². The van der Waals surface area contributed by atoms with Crippen molar-refractivity contribution >= 4 is 62.5 Å². The van der Waals surface area contributed by atoms with Gasteiger partial charge in [-0.1, -0.05) is 28.1 Å². The molecule has 0 saturated carbocycles. The van der Waals surface area contributed by atoms with Crippen molar-refractivity contribution in [1.82, 2.24) is 10.2 Å². The molecule has 2 heterocycles. The number of furan rings is 1. The van der Waals surface area contributed by atoms with Crippen molar-refractivity contribution in [2.75, 3.05) is 13.7 Å². The van der Waals surface area contributed by atoms with E-state index in [0.29, 0.717) is 30.3 Å². The van der Waals surface area contributed by atoms with E-state index in [4.69, 9.17) is 13.9 Å². The van der Waals surface area contributed by atoms with Crippen LogP contribution in [0.4, 0.5) is 4.79 Å². The van der Waals surface area contributed by atoms with Crippen LogP contribution in [0.25, 0.3) is 6.08 Å². The highest BCUT2D eigenvalue weighted by atomic mass is 127. The second kappa shape index (κ2) is 11.8. The molecular weight excluding hydrogens is 659 g/mol. The van der Waals surface area contributed by atoms with Crippen LogP contribution >= 0.6 is 38.5 Å². The Morgan fingerprint density at radius 1 is 1.14 bits per heavy atom. The largest absolute Gasteiger partial charge is 0.490 e. The topological polar surface area (TPSA) is 107 Å². The molecule has 11 heteroatoms. The molecule has 0 atom stereocenters. The Morgan fingerprint density at radius 2 is 1.89 bits per heavy atom. The second-order valence-electron chi connectivity index (χ2n) is 7.82. The normalized spacial score (nSPS) is 14.2. The van der Waals surface area contributed by atoms with Gasteiger partial charge in [0.2, 0.25) is 5.76 Å². The third-order valence-corrected chi connectivity index (χ3v) is 6.59. The molecule has 1 N–H and O–H groups in total. The zero-order valence-corrected chi connectivity index (χ0v) is 23.6. The van der Waals surface area contributed by atoms with Crippen LogP contribution in [0.15, 0.2) is 63.1 Å². The van der Waals surface area contributed by atoms with Gasteiger partial charge in [0.05, 0.1) is 23.8 Å². The Morgan fingerprint density at radius 3 is 2.59 bits per heavy atom. The van der Waals surface area contributed by atoms with Crippen molar-refractivity contribution < 1.29 is 33.0 Å². The summed E-state index contributed by atoms with van der Waals surface area (Å²) in [6.45, 7) is 2.52. The summed E-state index contributed by atoms with van der Waals surface area (Å²) in [5.74, 6) is 0.206. The first-order valence-electron chi connectivity index (χ1n) is 11.1. The van der Waals surface area contributed by atoms with E-state index >= 15 is 0 Å². The Balaban J connectivity index is 1.52. The Hall–Kier alpha value is -3.32. The number of carbonyl (C=O) groups is 3. The summed E-state index contributed by atoms with van der Waals surface area (Å²) in [4.78, 5) is 38.0. The van der Waals surface area contributed by atoms with Crippen LogP contribution in [0.2, 0.25) is 0 Å². The van der Waals surface area contributed by atoms with Crippen molar-refractivity contribution in [3.05, 3.63) is 84.9 Å². The minimum Gasteiger partial charge on any atom is -0.490 e. The molecular formula is C26H22BrIN2O7. The van der Waals surface area contributed by atoms with E-state index in [1.54, 1.807) is 12.1 Å². The first-order valence-corrected chi connectivity index (χ1v) is 13.0. The molecule has 37 heavy (non-hydrogen) atoms. The van der Waals surface area contributed by atoms with Crippen molar-refractivity contribution in [3.8, 4) is 11.5 Å². The van der Waals surface area contributed by atoms with Gasteiger partial charge < -0.3 is 23.9 Å². The summed E-state index contributed by atoms with van der Waals surface area (Å²) in [5.41, 5.74) is 1.76. The third kappa shape index (κ3) is 6.34. The summed E-state index contributed by atoms with van der Waals surface area (Å²) in [7, 11) is 1.23. The van der Waals surface area contributed by atoms with Gasteiger partial charge in [0, 0.05) is 4.47 Å². The fourth-order valence-corrected chi connectivity index (χ4v) is 4.57. The lowest BCUT2D eigenvalue weighted by molar-refractivity contribution is -0.123.